The van der Waals surface area contributed by atoms with E-state index in [1.54, 1.807) is 4.90 Å². The molecule has 5 nitrogen and oxygen atoms in total. The molecule has 0 saturated carbocycles. The minimum atomic E-state index is -0.412. The molecule has 88 valence electrons. The Labute approximate surface area is 90.4 Å². The van der Waals surface area contributed by atoms with Crippen molar-refractivity contribution in [1.29, 1.82) is 0 Å². The Kier molecular flexibility index (Phi) is 5.01. The van der Waals surface area contributed by atoms with E-state index in [0.717, 1.165) is 6.54 Å². The van der Waals surface area contributed by atoms with Crippen LogP contribution in [0.25, 0.3) is 0 Å². The molecule has 1 saturated heterocycles. The van der Waals surface area contributed by atoms with Crippen LogP contribution in [0, 0.1) is 0 Å². The number of amides is 1. The molecule has 0 aromatic heterocycles. The second-order valence-electron chi connectivity index (χ2n) is 4.05. The van der Waals surface area contributed by atoms with Crippen molar-refractivity contribution in [3.05, 3.63) is 0 Å². The van der Waals surface area contributed by atoms with Crippen molar-refractivity contribution in [2.75, 3.05) is 32.8 Å². The average molecular weight is 216 g/mol. The minimum absolute atomic E-state index is 0.0386. The first-order chi connectivity index (χ1) is 7.13. The Balaban J connectivity index is 2.32. The number of hydrogen-bond donors (Lipinski definition) is 2. The highest BCUT2D eigenvalue weighted by Crippen LogP contribution is 2.04. The largest absolute Gasteiger partial charge is 0.387 e. The van der Waals surface area contributed by atoms with Crippen LogP contribution in [0.5, 0.6) is 0 Å². The Morgan fingerprint density at radius 1 is 1.67 bits per heavy atom. The highest BCUT2D eigenvalue weighted by atomic mass is 16.5. The van der Waals surface area contributed by atoms with Crippen LogP contribution >= 0.6 is 0 Å². The van der Waals surface area contributed by atoms with E-state index in [0.29, 0.717) is 25.7 Å². The lowest BCUT2D eigenvalue weighted by atomic mass is 10.2. The summed E-state index contributed by atoms with van der Waals surface area (Å²) in [4.78, 5) is 12.9. The number of aliphatic hydroxyl groups is 1. The maximum absolute atomic E-state index is 11.3. The highest BCUT2D eigenvalue weighted by Gasteiger charge is 2.23. The summed E-state index contributed by atoms with van der Waals surface area (Å²) in [5, 5.41) is 12.0. The summed E-state index contributed by atoms with van der Waals surface area (Å²) in [5.74, 6) is -0.215. The first-order valence-corrected chi connectivity index (χ1v) is 5.37. The number of carbonyl (C=O) groups excluding carboxylic acids is 1. The van der Waals surface area contributed by atoms with E-state index in [-0.39, 0.29) is 12.0 Å². The molecule has 0 spiro atoms. The van der Waals surface area contributed by atoms with Gasteiger partial charge in [-0.05, 0) is 0 Å². The van der Waals surface area contributed by atoms with Crippen LogP contribution in [0.1, 0.15) is 13.8 Å². The zero-order chi connectivity index (χ0) is 11.3. The second kappa shape index (κ2) is 6.05. The smallest absolute Gasteiger partial charge is 0.248 e. The average Bonchev–Trinajstić information content (AvgIpc) is 2.25. The van der Waals surface area contributed by atoms with E-state index < -0.39 is 6.61 Å². The Bertz CT molecular complexity index is 209. The van der Waals surface area contributed by atoms with E-state index in [4.69, 9.17) is 9.84 Å². The van der Waals surface area contributed by atoms with Gasteiger partial charge >= 0.3 is 0 Å². The van der Waals surface area contributed by atoms with E-state index >= 15 is 0 Å². The number of morpholine rings is 1. The summed E-state index contributed by atoms with van der Waals surface area (Å²) >= 11 is 0. The van der Waals surface area contributed by atoms with Crippen LogP contribution in [0.4, 0.5) is 0 Å². The lowest BCUT2D eigenvalue weighted by Gasteiger charge is -2.33. The quantitative estimate of drug-likeness (QED) is 0.646. The summed E-state index contributed by atoms with van der Waals surface area (Å²) in [7, 11) is 0. The van der Waals surface area contributed by atoms with Crippen molar-refractivity contribution in [2.45, 2.75) is 26.0 Å². The van der Waals surface area contributed by atoms with Crippen molar-refractivity contribution in [3.63, 3.8) is 0 Å². The van der Waals surface area contributed by atoms with Crippen LogP contribution in [0.2, 0.25) is 0 Å². The highest BCUT2D eigenvalue weighted by molar-refractivity contribution is 5.77. The molecule has 0 bridgehead atoms. The molecule has 1 heterocycles. The van der Waals surface area contributed by atoms with Gasteiger partial charge in [-0.3, -0.25) is 4.79 Å². The third-order valence-electron chi connectivity index (χ3n) is 2.38. The molecule has 5 heteroatoms. The number of rotatable bonds is 4. The van der Waals surface area contributed by atoms with Gasteiger partial charge in [0.15, 0.2) is 0 Å². The van der Waals surface area contributed by atoms with Gasteiger partial charge in [0, 0.05) is 25.7 Å². The predicted molar refractivity (Wildman–Crippen MR) is 56.5 cm³/mol. The molecule has 1 atom stereocenters. The number of aliphatic hydroxyl groups excluding tert-OH is 1. The molecule has 15 heavy (non-hydrogen) atoms. The van der Waals surface area contributed by atoms with Gasteiger partial charge in [0.05, 0.1) is 12.7 Å². The zero-order valence-corrected chi connectivity index (χ0v) is 9.40. The molecular formula is C10H20N2O3. The molecule has 0 aliphatic carbocycles. The van der Waals surface area contributed by atoms with Crippen molar-refractivity contribution >= 4 is 5.91 Å². The van der Waals surface area contributed by atoms with Crippen molar-refractivity contribution in [3.8, 4) is 0 Å². The molecule has 0 radical (unpaired) electrons. The fourth-order valence-electron chi connectivity index (χ4n) is 1.54. The molecule has 1 unspecified atom stereocenters. The van der Waals surface area contributed by atoms with Crippen LogP contribution in [0.15, 0.2) is 0 Å². The summed E-state index contributed by atoms with van der Waals surface area (Å²) < 4.78 is 5.52. The van der Waals surface area contributed by atoms with Gasteiger partial charge in [0.25, 0.3) is 0 Å². The van der Waals surface area contributed by atoms with Crippen LogP contribution in [-0.4, -0.2) is 60.9 Å². The number of carbonyl (C=O) groups is 1. The van der Waals surface area contributed by atoms with E-state index in [1.165, 1.54) is 0 Å². The number of hydrogen-bond acceptors (Lipinski definition) is 4. The standard InChI is InChI=1S/C10H20N2O3/c1-8(2)11-5-9-6-12(3-4-15-9)10(14)7-13/h8-9,11,13H,3-7H2,1-2H3. The minimum Gasteiger partial charge on any atom is -0.387 e. The molecule has 1 aliphatic rings. The molecule has 1 rings (SSSR count). The third kappa shape index (κ3) is 4.15. The van der Waals surface area contributed by atoms with Crippen molar-refractivity contribution in [2.24, 2.45) is 0 Å². The van der Waals surface area contributed by atoms with Crippen LogP contribution < -0.4 is 5.32 Å². The van der Waals surface area contributed by atoms with Gasteiger partial charge in [-0.15, -0.1) is 0 Å². The summed E-state index contributed by atoms with van der Waals surface area (Å²) in [6, 6.07) is 0.414. The van der Waals surface area contributed by atoms with Gasteiger partial charge in [-0.2, -0.15) is 0 Å². The van der Waals surface area contributed by atoms with E-state index in [2.05, 4.69) is 19.2 Å². The lowest BCUT2D eigenvalue weighted by molar-refractivity contribution is -0.141. The van der Waals surface area contributed by atoms with Gasteiger partial charge in [0.2, 0.25) is 5.91 Å². The molecule has 1 amide bonds. The molecule has 1 aliphatic heterocycles. The molecule has 2 N–H and O–H groups in total. The maximum atomic E-state index is 11.3. The van der Waals surface area contributed by atoms with Crippen LogP contribution in [-0.2, 0) is 9.53 Å². The normalized spacial score (nSPS) is 22.1. The third-order valence-corrected chi connectivity index (χ3v) is 2.38. The van der Waals surface area contributed by atoms with Gasteiger partial charge in [-0.1, -0.05) is 13.8 Å². The molecule has 1 fully saturated rings. The Morgan fingerprint density at radius 2 is 2.40 bits per heavy atom. The summed E-state index contributed by atoms with van der Waals surface area (Å²) in [6.45, 7) is 6.17. The van der Waals surface area contributed by atoms with Gasteiger partial charge < -0.3 is 20.1 Å². The van der Waals surface area contributed by atoms with Crippen molar-refractivity contribution < 1.29 is 14.6 Å². The van der Waals surface area contributed by atoms with Gasteiger partial charge in [0.1, 0.15) is 6.61 Å². The number of nitrogens with one attached hydrogen (secondary N) is 1. The zero-order valence-electron chi connectivity index (χ0n) is 9.40. The molecule has 0 aromatic carbocycles. The van der Waals surface area contributed by atoms with E-state index in [9.17, 15) is 4.79 Å². The topological polar surface area (TPSA) is 61.8 Å². The fourth-order valence-corrected chi connectivity index (χ4v) is 1.54. The van der Waals surface area contributed by atoms with Gasteiger partial charge in [-0.25, -0.2) is 0 Å². The summed E-state index contributed by atoms with van der Waals surface area (Å²) in [5.41, 5.74) is 0. The first kappa shape index (κ1) is 12.4. The van der Waals surface area contributed by atoms with Crippen molar-refractivity contribution in [1.82, 2.24) is 10.2 Å². The maximum Gasteiger partial charge on any atom is 0.248 e. The SMILES string of the molecule is CC(C)NCC1CN(C(=O)CO)CCO1. The first-order valence-electron chi connectivity index (χ1n) is 5.37. The Hall–Kier alpha value is -0.650. The molecule has 0 aromatic rings. The van der Waals surface area contributed by atoms with E-state index in [1.807, 2.05) is 0 Å². The number of ether oxygens (including phenoxy) is 1. The monoisotopic (exact) mass is 216 g/mol. The summed E-state index contributed by atoms with van der Waals surface area (Å²) in [6.07, 6.45) is 0.0386. The number of nitrogens with zero attached hydrogens (tertiary/aromatic N) is 1. The second-order valence-corrected chi connectivity index (χ2v) is 4.05. The molecular weight excluding hydrogens is 196 g/mol. The lowest BCUT2D eigenvalue weighted by Crippen LogP contribution is -2.50. The predicted octanol–water partition coefficient (Wildman–Crippen LogP) is -0.796. The van der Waals surface area contributed by atoms with Crippen LogP contribution in [0.3, 0.4) is 0 Å². The Morgan fingerprint density at radius 3 is 3.00 bits per heavy atom. The fraction of sp³-hybridized carbons (Fsp3) is 0.900.